The second-order valence-electron chi connectivity index (χ2n) is 12.4. The molecule has 9 rings (SSSR count). The largest absolute Gasteiger partial charge is 0.455 e. The van der Waals surface area contributed by atoms with E-state index in [1.54, 1.807) is 0 Å². The highest BCUT2D eigenvalue weighted by atomic mass is 16.3. The van der Waals surface area contributed by atoms with Crippen LogP contribution in [0.1, 0.15) is 16.7 Å². The number of aliphatic imine (C=N–C) groups is 3. The van der Waals surface area contributed by atoms with E-state index in [0.29, 0.717) is 18.2 Å². The zero-order chi connectivity index (χ0) is 34.1. The van der Waals surface area contributed by atoms with Crippen molar-refractivity contribution >= 4 is 62.3 Å². The van der Waals surface area contributed by atoms with Crippen LogP contribution in [0.3, 0.4) is 0 Å². The Labute approximate surface area is 294 Å². The predicted octanol–water partition coefficient (Wildman–Crippen LogP) is 11.9. The summed E-state index contributed by atoms with van der Waals surface area (Å²) in [4.78, 5) is 14.6. The van der Waals surface area contributed by atoms with Crippen molar-refractivity contribution in [3.63, 3.8) is 0 Å². The number of hydrogen-bond donors (Lipinski definition) is 0. The molecule has 242 valence electrons. The quantitative estimate of drug-likeness (QED) is 0.132. The molecule has 0 saturated heterocycles. The number of benzene rings is 7. The van der Waals surface area contributed by atoms with Crippen molar-refractivity contribution in [2.75, 3.05) is 0 Å². The van der Waals surface area contributed by atoms with Gasteiger partial charge in [0, 0.05) is 43.8 Å². The Hall–Kier alpha value is -6.85. The fraction of sp³-hybridized carbons (Fsp3) is 0.0217. The molecule has 0 aliphatic heterocycles. The predicted molar refractivity (Wildman–Crippen MR) is 211 cm³/mol. The van der Waals surface area contributed by atoms with Crippen LogP contribution in [0.4, 0.5) is 0 Å². The molecule has 0 bridgehead atoms. The summed E-state index contributed by atoms with van der Waals surface area (Å²) in [5.74, 6) is 1.04. The van der Waals surface area contributed by atoms with Crippen LogP contribution in [-0.2, 0) is 6.54 Å². The van der Waals surface area contributed by atoms with E-state index in [1.165, 1.54) is 0 Å². The summed E-state index contributed by atoms with van der Waals surface area (Å²) in [6, 6.07) is 55.4. The number of rotatable bonds is 6. The Kier molecular flexibility index (Phi) is 7.63. The van der Waals surface area contributed by atoms with E-state index in [1.807, 2.05) is 72.8 Å². The van der Waals surface area contributed by atoms with Gasteiger partial charge >= 0.3 is 0 Å². The minimum absolute atomic E-state index is 0.465. The monoisotopic (exact) mass is 657 g/mol. The van der Waals surface area contributed by atoms with E-state index in [-0.39, 0.29) is 0 Å². The fourth-order valence-electron chi connectivity index (χ4n) is 6.87. The first-order valence-electron chi connectivity index (χ1n) is 16.9. The Bertz CT molecular complexity index is 2770. The van der Waals surface area contributed by atoms with Crippen LogP contribution in [0.15, 0.2) is 188 Å². The Morgan fingerprint density at radius 1 is 0.490 bits per heavy atom. The lowest BCUT2D eigenvalue weighted by Gasteiger charge is -2.08. The minimum atomic E-state index is 0.465. The highest BCUT2D eigenvalue weighted by Crippen LogP contribution is 2.41. The Morgan fingerprint density at radius 2 is 1.08 bits per heavy atom. The van der Waals surface area contributed by atoms with Gasteiger partial charge in [-0.3, -0.25) is 4.99 Å². The van der Waals surface area contributed by atoms with Crippen LogP contribution >= 0.6 is 0 Å². The smallest absolute Gasteiger partial charge is 0.161 e. The summed E-state index contributed by atoms with van der Waals surface area (Å²) in [5, 5.41) is 4.03. The van der Waals surface area contributed by atoms with Crippen LogP contribution in [0.25, 0.3) is 66.1 Å². The minimum Gasteiger partial charge on any atom is -0.455 e. The molecular weight excluding hydrogens is 627 g/mol. The molecule has 0 N–H and O–H groups in total. The van der Waals surface area contributed by atoms with Gasteiger partial charge in [-0.2, -0.15) is 0 Å². The first kappa shape index (κ1) is 30.2. The third kappa shape index (κ3) is 5.51. The standard InChI is InChI=1S/C46H31N3O2/c1-47-46(49-45(48-29-30-13-4-2-5-14-30)33-27-25-32(26-28-33)31-15-6-3-7-16-31)39-22-12-24-41-42(39)38-21-11-20-37(44(38)51-41)36-19-10-18-35-34-17-8-9-23-40(34)50-43(35)36/h2-28H,1,29H2/b48-45-,49-46-. The molecule has 9 aromatic rings. The SMILES string of the molecule is C=N/C(=N\C(=N/Cc1ccccc1)c1ccc(-c2ccccc2)cc1)c1cccc2oc3c(-c4cccc5c4oc4ccccc45)cccc3c12. The Morgan fingerprint density at radius 3 is 1.84 bits per heavy atom. The number of amidine groups is 2. The fourth-order valence-corrected chi connectivity index (χ4v) is 6.87. The number of para-hydroxylation sites is 3. The molecule has 5 nitrogen and oxygen atoms in total. The van der Waals surface area contributed by atoms with Crippen molar-refractivity contribution in [1.82, 2.24) is 0 Å². The van der Waals surface area contributed by atoms with E-state index in [2.05, 4.69) is 103 Å². The molecule has 2 aromatic heterocycles. The van der Waals surface area contributed by atoms with Gasteiger partial charge in [0.15, 0.2) is 11.7 Å². The first-order valence-corrected chi connectivity index (χ1v) is 16.9. The summed E-state index contributed by atoms with van der Waals surface area (Å²) in [6.07, 6.45) is 0. The van der Waals surface area contributed by atoms with Crippen molar-refractivity contribution in [2.24, 2.45) is 15.0 Å². The molecule has 0 atom stereocenters. The molecule has 0 radical (unpaired) electrons. The molecule has 0 spiro atoms. The van der Waals surface area contributed by atoms with Crippen LogP contribution < -0.4 is 0 Å². The first-order chi connectivity index (χ1) is 25.2. The van der Waals surface area contributed by atoms with Gasteiger partial charge in [-0.25, -0.2) is 9.98 Å². The number of furan rings is 2. The van der Waals surface area contributed by atoms with E-state index in [4.69, 9.17) is 18.8 Å². The second-order valence-corrected chi connectivity index (χ2v) is 12.4. The molecule has 0 fully saturated rings. The average molecular weight is 658 g/mol. The van der Waals surface area contributed by atoms with Crippen molar-refractivity contribution in [3.8, 4) is 22.3 Å². The maximum absolute atomic E-state index is 6.66. The summed E-state index contributed by atoms with van der Waals surface area (Å²) in [7, 11) is 0. The van der Waals surface area contributed by atoms with Gasteiger partial charge in [0.25, 0.3) is 0 Å². The van der Waals surface area contributed by atoms with Gasteiger partial charge in [-0.15, -0.1) is 0 Å². The van der Waals surface area contributed by atoms with E-state index in [9.17, 15) is 0 Å². The number of fused-ring (bicyclic) bond motifs is 6. The van der Waals surface area contributed by atoms with E-state index < -0.39 is 0 Å². The summed E-state index contributed by atoms with van der Waals surface area (Å²) < 4.78 is 13.1. The highest BCUT2D eigenvalue weighted by molar-refractivity contribution is 6.23. The lowest BCUT2D eigenvalue weighted by Crippen LogP contribution is -2.06. The highest BCUT2D eigenvalue weighted by Gasteiger charge is 2.20. The van der Waals surface area contributed by atoms with Crippen molar-refractivity contribution in [2.45, 2.75) is 6.54 Å². The third-order valence-electron chi connectivity index (χ3n) is 9.32. The van der Waals surface area contributed by atoms with E-state index >= 15 is 0 Å². The third-order valence-corrected chi connectivity index (χ3v) is 9.32. The van der Waals surface area contributed by atoms with Gasteiger partial charge in [0.05, 0.1) is 6.54 Å². The molecule has 0 unspecified atom stereocenters. The van der Waals surface area contributed by atoms with Gasteiger partial charge in [0.1, 0.15) is 22.3 Å². The van der Waals surface area contributed by atoms with Crippen molar-refractivity contribution < 1.29 is 8.83 Å². The van der Waals surface area contributed by atoms with Gasteiger partial charge < -0.3 is 8.83 Å². The second kappa shape index (κ2) is 12.9. The van der Waals surface area contributed by atoms with Crippen LogP contribution in [-0.4, -0.2) is 18.4 Å². The van der Waals surface area contributed by atoms with Gasteiger partial charge in [-0.05, 0) is 35.5 Å². The number of hydrogen-bond acceptors (Lipinski definition) is 3. The van der Waals surface area contributed by atoms with Crippen LogP contribution in [0.2, 0.25) is 0 Å². The summed E-state index contributed by atoms with van der Waals surface area (Å²) >= 11 is 0. The Balaban J connectivity index is 1.18. The van der Waals surface area contributed by atoms with Gasteiger partial charge in [0.2, 0.25) is 0 Å². The van der Waals surface area contributed by atoms with Crippen LogP contribution in [0.5, 0.6) is 0 Å². The average Bonchev–Trinajstić information content (AvgIpc) is 3.78. The van der Waals surface area contributed by atoms with E-state index in [0.717, 1.165) is 82.8 Å². The van der Waals surface area contributed by atoms with Crippen molar-refractivity contribution in [1.29, 1.82) is 0 Å². The molecule has 51 heavy (non-hydrogen) atoms. The maximum Gasteiger partial charge on any atom is 0.161 e. The summed E-state index contributed by atoms with van der Waals surface area (Å²) in [6.45, 7) is 4.44. The zero-order valence-corrected chi connectivity index (χ0v) is 27.7. The lowest BCUT2D eigenvalue weighted by atomic mass is 9.98. The molecule has 2 heterocycles. The topological polar surface area (TPSA) is 63.4 Å². The number of nitrogens with zero attached hydrogens (tertiary/aromatic N) is 3. The van der Waals surface area contributed by atoms with Crippen LogP contribution in [0, 0.1) is 0 Å². The molecule has 0 aliphatic rings. The molecular formula is C46H31N3O2. The normalized spacial score (nSPS) is 12.3. The zero-order valence-electron chi connectivity index (χ0n) is 27.7. The maximum atomic E-state index is 6.66. The molecule has 7 aromatic carbocycles. The summed E-state index contributed by atoms with van der Waals surface area (Å²) in [5.41, 5.74) is 10.2. The lowest BCUT2D eigenvalue weighted by molar-refractivity contribution is 0.665. The van der Waals surface area contributed by atoms with Crippen molar-refractivity contribution in [3.05, 3.63) is 180 Å². The molecule has 0 amide bonds. The van der Waals surface area contributed by atoms with Gasteiger partial charge in [-0.1, -0.05) is 152 Å². The molecule has 0 aliphatic carbocycles. The molecule has 5 heteroatoms. The molecule has 0 saturated carbocycles.